The molecule has 0 spiro atoms. The van der Waals surface area contributed by atoms with Crippen molar-refractivity contribution in [2.24, 2.45) is 0 Å². The third kappa shape index (κ3) is 1.54. The molecule has 0 saturated carbocycles. The predicted octanol–water partition coefficient (Wildman–Crippen LogP) is 2.34. The molecular weight excluding hydrogens is 180 g/mol. The summed E-state index contributed by atoms with van der Waals surface area (Å²) in [4.78, 5) is 10.4. The quantitative estimate of drug-likeness (QED) is 0.725. The Hall–Kier alpha value is -1.97. The zero-order chi connectivity index (χ0) is 10.1. The molecule has 4 heteroatoms. The second-order valence-electron chi connectivity index (χ2n) is 3.20. The number of fused-ring (bicyclic) bond motifs is 1. The Morgan fingerprint density at radius 2 is 2.21 bits per heavy atom. The molecule has 2 aromatic heterocycles. The molecule has 0 aromatic carbocycles. The van der Waals surface area contributed by atoms with Crippen molar-refractivity contribution in [2.45, 2.75) is 6.92 Å². The van der Waals surface area contributed by atoms with Gasteiger partial charge >= 0.3 is 6.09 Å². The number of carbonyl (C=O) groups is 1. The van der Waals surface area contributed by atoms with E-state index in [0.717, 1.165) is 11.1 Å². The van der Waals surface area contributed by atoms with Crippen LogP contribution in [0.15, 0.2) is 30.6 Å². The minimum atomic E-state index is -1.05. The molecule has 2 aromatic rings. The van der Waals surface area contributed by atoms with E-state index in [1.165, 1.54) is 0 Å². The number of nitrogens with zero attached hydrogens (tertiary/aromatic N) is 1. The Balaban J connectivity index is 2.45. The number of aryl methyl sites for hydroxylation is 1. The van der Waals surface area contributed by atoms with Crippen LogP contribution >= 0.6 is 0 Å². The van der Waals surface area contributed by atoms with Crippen LogP contribution in [0, 0.1) is 6.92 Å². The van der Waals surface area contributed by atoms with E-state index >= 15 is 0 Å². The van der Waals surface area contributed by atoms with Crippen molar-refractivity contribution in [3.63, 3.8) is 0 Å². The molecule has 2 rings (SSSR count). The first-order valence-corrected chi connectivity index (χ1v) is 4.23. The molecule has 2 heterocycles. The molecule has 0 aliphatic heterocycles. The van der Waals surface area contributed by atoms with Gasteiger partial charge in [-0.2, -0.15) is 0 Å². The number of nitrogens with one attached hydrogen (secondary N) is 1. The summed E-state index contributed by atoms with van der Waals surface area (Å²) in [6.45, 7) is 2.00. The first-order chi connectivity index (χ1) is 6.65. The van der Waals surface area contributed by atoms with Crippen LogP contribution in [0.5, 0.6) is 0 Å². The molecule has 0 aliphatic carbocycles. The van der Waals surface area contributed by atoms with Crippen molar-refractivity contribution in [2.75, 3.05) is 5.32 Å². The lowest BCUT2D eigenvalue weighted by Gasteiger charge is -2.01. The van der Waals surface area contributed by atoms with Gasteiger partial charge in [-0.3, -0.25) is 5.32 Å². The molecule has 1 amide bonds. The largest absolute Gasteiger partial charge is 0.465 e. The summed E-state index contributed by atoms with van der Waals surface area (Å²) in [6.07, 6.45) is 2.65. The Morgan fingerprint density at radius 1 is 1.43 bits per heavy atom. The lowest BCUT2D eigenvalue weighted by molar-refractivity contribution is 0.209. The minimum absolute atomic E-state index is 0.570. The number of amides is 1. The van der Waals surface area contributed by atoms with Crippen molar-refractivity contribution in [3.05, 3.63) is 36.2 Å². The van der Waals surface area contributed by atoms with Crippen molar-refractivity contribution in [1.82, 2.24) is 4.40 Å². The normalized spacial score (nSPS) is 10.4. The summed E-state index contributed by atoms with van der Waals surface area (Å²) in [5.74, 6) is 0. The number of aromatic nitrogens is 1. The fourth-order valence-electron chi connectivity index (χ4n) is 1.45. The molecule has 0 aliphatic rings. The van der Waals surface area contributed by atoms with E-state index in [2.05, 4.69) is 5.32 Å². The predicted molar refractivity (Wildman–Crippen MR) is 53.8 cm³/mol. The summed E-state index contributed by atoms with van der Waals surface area (Å²) in [7, 11) is 0. The number of pyridine rings is 1. The Kier molecular flexibility index (Phi) is 1.89. The van der Waals surface area contributed by atoms with E-state index in [0.29, 0.717) is 5.69 Å². The number of rotatable bonds is 1. The molecule has 4 nitrogen and oxygen atoms in total. The summed E-state index contributed by atoms with van der Waals surface area (Å²) < 4.78 is 1.89. The molecule has 0 bridgehead atoms. The van der Waals surface area contributed by atoms with Crippen LogP contribution in [0.3, 0.4) is 0 Å². The highest BCUT2D eigenvalue weighted by atomic mass is 16.4. The van der Waals surface area contributed by atoms with Gasteiger partial charge in [0.2, 0.25) is 0 Å². The summed E-state index contributed by atoms with van der Waals surface area (Å²) in [5, 5.41) is 10.8. The van der Waals surface area contributed by atoms with Gasteiger partial charge in [0.05, 0.1) is 5.69 Å². The zero-order valence-electron chi connectivity index (χ0n) is 7.69. The summed E-state index contributed by atoms with van der Waals surface area (Å²) in [5.41, 5.74) is 2.77. The highest BCUT2D eigenvalue weighted by Crippen LogP contribution is 2.13. The minimum Gasteiger partial charge on any atom is -0.465 e. The lowest BCUT2D eigenvalue weighted by atomic mass is 10.3. The molecule has 0 radical (unpaired) electrons. The number of carboxylic acid groups (broad SMARTS) is 1. The maximum atomic E-state index is 10.4. The van der Waals surface area contributed by atoms with Crippen LogP contribution in [-0.2, 0) is 0 Å². The Labute approximate surface area is 80.8 Å². The first-order valence-electron chi connectivity index (χ1n) is 4.23. The fourth-order valence-corrected chi connectivity index (χ4v) is 1.45. The smallest absolute Gasteiger partial charge is 0.409 e. The average Bonchev–Trinajstić information content (AvgIpc) is 2.42. The maximum Gasteiger partial charge on any atom is 0.409 e. The number of hydrogen-bond acceptors (Lipinski definition) is 1. The van der Waals surface area contributed by atoms with Gasteiger partial charge in [-0.15, -0.1) is 0 Å². The van der Waals surface area contributed by atoms with Gasteiger partial charge in [0, 0.05) is 17.9 Å². The highest BCUT2D eigenvalue weighted by Gasteiger charge is 1.99. The SMILES string of the molecule is Cc1cc2ccc(NC(=O)O)cn2c1. The molecule has 0 saturated heterocycles. The fraction of sp³-hybridized carbons (Fsp3) is 0.100. The van der Waals surface area contributed by atoms with Crippen LogP contribution in [0.1, 0.15) is 5.56 Å². The molecular formula is C10H10N2O2. The third-order valence-corrected chi connectivity index (χ3v) is 1.98. The van der Waals surface area contributed by atoms with E-state index in [1.54, 1.807) is 12.3 Å². The van der Waals surface area contributed by atoms with Crippen LogP contribution in [0.2, 0.25) is 0 Å². The molecule has 0 unspecified atom stereocenters. The van der Waals surface area contributed by atoms with Crippen LogP contribution in [0.25, 0.3) is 5.52 Å². The summed E-state index contributed by atoms with van der Waals surface area (Å²) in [6, 6.07) is 5.64. The Morgan fingerprint density at radius 3 is 2.93 bits per heavy atom. The topological polar surface area (TPSA) is 53.7 Å². The van der Waals surface area contributed by atoms with E-state index < -0.39 is 6.09 Å². The zero-order valence-corrected chi connectivity index (χ0v) is 7.69. The van der Waals surface area contributed by atoms with Crippen LogP contribution in [-0.4, -0.2) is 15.6 Å². The first kappa shape index (κ1) is 8.62. The second-order valence-corrected chi connectivity index (χ2v) is 3.20. The summed E-state index contributed by atoms with van der Waals surface area (Å²) >= 11 is 0. The Bertz CT molecular complexity index is 488. The number of anilines is 1. The van der Waals surface area contributed by atoms with E-state index in [1.807, 2.05) is 29.7 Å². The van der Waals surface area contributed by atoms with E-state index in [9.17, 15) is 4.79 Å². The molecule has 0 fully saturated rings. The van der Waals surface area contributed by atoms with Crippen molar-refractivity contribution < 1.29 is 9.90 Å². The van der Waals surface area contributed by atoms with E-state index in [-0.39, 0.29) is 0 Å². The average molecular weight is 190 g/mol. The molecule has 2 N–H and O–H groups in total. The van der Waals surface area contributed by atoms with Gasteiger partial charge < -0.3 is 9.51 Å². The van der Waals surface area contributed by atoms with Crippen molar-refractivity contribution in [3.8, 4) is 0 Å². The number of hydrogen-bond donors (Lipinski definition) is 2. The van der Waals surface area contributed by atoms with Gasteiger partial charge in [-0.1, -0.05) is 0 Å². The third-order valence-electron chi connectivity index (χ3n) is 1.98. The highest BCUT2D eigenvalue weighted by molar-refractivity contribution is 5.82. The molecule has 72 valence electrons. The standard InChI is InChI=1S/C10H10N2O2/c1-7-4-9-3-2-8(11-10(13)14)6-12(9)5-7/h2-6,11H,1H3,(H,13,14). The molecule has 14 heavy (non-hydrogen) atoms. The van der Waals surface area contributed by atoms with Gasteiger partial charge in [0.1, 0.15) is 0 Å². The molecule has 0 atom stereocenters. The van der Waals surface area contributed by atoms with Crippen LogP contribution < -0.4 is 5.32 Å². The van der Waals surface area contributed by atoms with E-state index in [4.69, 9.17) is 5.11 Å². The van der Waals surface area contributed by atoms with Gasteiger partial charge in [0.15, 0.2) is 0 Å². The van der Waals surface area contributed by atoms with Gasteiger partial charge in [-0.05, 0) is 30.7 Å². The lowest BCUT2D eigenvalue weighted by Crippen LogP contribution is -2.07. The van der Waals surface area contributed by atoms with Gasteiger partial charge in [-0.25, -0.2) is 4.79 Å². The monoisotopic (exact) mass is 190 g/mol. The van der Waals surface area contributed by atoms with Crippen molar-refractivity contribution >= 4 is 17.3 Å². The van der Waals surface area contributed by atoms with Gasteiger partial charge in [0.25, 0.3) is 0 Å². The maximum absolute atomic E-state index is 10.4. The second kappa shape index (κ2) is 3.06. The van der Waals surface area contributed by atoms with Crippen molar-refractivity contribution in [1.29, 1.82) is 0 Å². The van der Waals surface area contributed by atoms with Crippen LogP contribution in [0.4, 0.5) is 10.5 Å².